The van der Waals surface area contributed by atoms with Gasteiger partial charge in [0.2, 0.25) is 5.91 Å². The van der Waals surface area contributed by atoms with E-state index >= 15 is 0 Å². The number of unbranched alkanes of at least 4 members (excludes halogenated alkanes) is 4. The molecule has 0 aliphatic heterocycles. The number of hydroxylamine groups is 1. The van der Waals surface area contributed by atoms with E-state index in [9.17, 15) is 4.79 Å². The summed E-state index contributed by atoms with van der Waals surface area (Å²) >= 11 is 1.58. The summed E-state index contributed by atoms with van der Waals surface area (Å²) in [7, 11) is 0. The first-order valence-electron chi connectivity index (χ1n) is 9.81. The molecule has 0 radical (unpaired) electrons. The average molecular weight is 412 g/mol. The standard InChI is InChI=1S/C22H25N3O3S/c26-20(25-27)11-7-2-1-3-8-16-28-19-14-12-18(13-15-19)22-24-23-21(29-22)17-9-5-4-6-10-17/h4-6,9-10,12-15,27H,1-3,7-8,11,16H2,(H,25,26). The molecule has 0 saturated carbocycles. The summed E-state index contributed by atoms with van der Waals surface area (Å²) < 4.78 is 5.80. The van der Waals surface area contributed by atoms with Crippen molar-refractivity contribution in [3.63, 3.8) is 0 Å². The third-order valence-corrected chi connectivity index (χ3v) is 5.51. The van der Waals surface area contributed by atoms with Gasteiger partial charge in [0, 0.05) is 17.5 Å². The highest BCUT2D eigenvalue weighted by Gasteiger charge is 2.08. The number of rotatable bonds is 11. The summed E-state index contributed by atoms with van der Waals surface area (Å²) in [4.78, 5) is 10.9. The Labute approximate surface area is 174 Å². The molecule has 2 N–H and O–H groups in total. The largest absolute Gasteiger partial charge is 0.494 e. The van der Waals surface area contributed by atoms with E-state index in [0.717, 1.165) is 59.0 Å². The SMILES string of the molecule is O=C(CCCCCCCOc1ccc(-c2nnc(-c3ccccc3)s2)cc1)NO. The summed E-state index contributed by atoms with van der Waals surface area (Å²) in [6.45, 7) is 0.674. The lowest BCUT2D eigenvalue weighted by molar-refractivity contribution is -0.129. The van der Waals surface area contributed by atoms with Crippen LogP contribution in [0.5, 0.6) is 5.75 Å². The maximum atomic E-state index is 10.9. The van der Waals surface area contributed by atoms with Crippen LogP contribution in [0.15, 0.2) is 54.6 Å². The van der Waals surface area contributed by atoms with E-state index in [4.69, 9.17) is 9.94 Å². The molecule has 0 atom stereocenters. The Morgan fingerprint density at radius 1 is 0.862 bits per heavy atom. The van der Waals surface area contributed by atoms with Crippen molar-refractivity contribution in [1.82, 2.24) is 15.7 Å². The Balaban J connectivity index is 1.38. The van der Waals surface area contributed by atoms with Gasteiger partial charge in [-0.15, -0.1) is 10.2 Å². The van der Waals surface area contributed by atoms with Crippen LogP contribution in [-0.4, -0.2) is 27.9 Å². The molecule has 6 nitrogen and oxygen atoms in total. The van der Waals surface area contributed by atoms with Crippen LogP contribution in [0.1, 0.15) is 38.5 Å². The van der Waals surface area contributed by atoms with Gasteiger partial charge in [-0.2, -0.15) is 0 Å². The second kappa shape index (κ2) is 11.3. The minimum atomic E-state index is -0.318. The number of benzene rings is 2. The molecule has 0 unspecified atom stereocenters. The number of amides is 1. The number of carbonyl (C=O) groups is 1. The molecule has 1 aromatic heterocycles. The molecule has 152 valence electrons. The van der Waals surface area contributed by atoms with E-state index in [1.165, 1.54) is 0 Å². The molecule has 1 heterocycles. The summed E-state index contributed by atoms with van der Waals surface area (Å²) in [5.74, 6) is 0.530. The molecule has 29 heavy (non-hydrogen) atoms. The smallest absolute Gasteiger partial charge is 0.243 e. The Morgan fingerprint density at radius 2 is 1.48 bits per heavy atom. The zero-order valence-corrected chi connectivity index (χ0v) is 17.0. The van der Waals surface area contributed by atoms with Gasteiger partial charge in [0.15, 0.2) is 0 Å². The van der Waals surface area contributed by atoms with Crippen molar-refractivity contribution < 1.29 is 14.7 Å². The van der Waals surface area contributed by atoms with Crippen LogP contribution < -0.4 is 10.2 Å². The highest BCUT2D eigenvalue weighted by Crippen LogP contribution is 2.30. The molecule has 1 amide bonds. The van der Waals surface area contributed by atoms with E-state index in [-0.39, 0.29) is 5.91 Å². The molecule has 2 aromatic carbocycles. The molecule has 0 aliphatic rings. The monoisotopic (exact) mass is 411 g/mol. The topological polar surface area (TPSA) is 84.3 Å². The maximum absolute atomic E-state index is 10.9. The van der Waals surface area contributed by atoms with Gasteiger partial charge in [-0.25, -0.2) is 5.48 Å². The van der Waals surface area contributed by atoms with Crippen molar-refractivity contribution >= 4 is 17.2 Å². The van der Waals surface area contributed by atoms with Crippen molar-refractivity contribution in [2.75, 3.05) is 6.61 Å². The third kappa shape index (κ3) is 6.66. The number of hydrogen-bond donors (Lipinski definition) is 2. The number of carbonyl (C=O) groups excluding carboxylic acids is 1. The minimum absolute atomic E-state index is 0.318. The Hall–Kier alpha value is -2.77. The van der Waals surface area contributed by atoms with Gasteiger partial charge >= 0.3 is 0 Å². The Morgan fingerprint density at radius 3 is 2.17 bits per heavy atom. The molecule has 0 spiro atoms. The van der Waals surface area contributed by atoms with Crippen molar-refractivity contribution in [2.24, 2.45) is 0 Å². The van der Waals surface area contributed by atoms with Gasteiger partial charge in [-0.3, -0.25) is 10.0 Å². The van der Waals surface area contributed by atoms with Crippen LogP contribution in [0.2, 0.25) is 0 Å². The second-order valence-electron chi connectivity index (χ2n) is 6.70. The third-order valence-electron chi connectivity index (χ3n) is 4.49. The average Bonchev–Trinajstić information content (AvgIpc) is 3.27. The zero-order valence-electron chi connectivity index (χ0n) is 16.2. The Bertz CT molecular complexity index is 882. The van der Waals surface area contributed by atoms with Crippen LogP contribution in [0.25, 0.3) is 21.1 Å². The highest BCUT2D eigenvalue weighted by atomic mass is 32.1. The van der Waals surface area contributed by atoms with E-state index in [2.05, 4.69) is 10.2 Å². The summed E-state index contributed by atoms with van der Waals surface area (Å²) in [5.41, 5.74) is 3.76. The van der Waals surface area contributed by atoms with Gasteiger partial charge < -0.3 is 4.74 Å². The van der Waals surface area contributed by atoms with E-state index in [1.54, 1.807) is 16.8 Å². The van der Waals surface area contributed by atoms with Crippen LogP contribution in [0.4, 0.5) is 0 Å². The molecule has 3 rings (SSSR count). The molecule has 0 saturated heterocycles. The van der Waals surface area contributed by atoms with E-state index in [1.807, 2.05) is 54.6 Å². The van der Waals surface area contributed by atoms with Crippen LogP contribution in [-0.2, 0) is 4.79 Å². The lowest BCUT2D eigenvalue weighted by Crippen LogP contribution is -2.17. The maximum Gasteiger partial charge on any atom is 0.243 e. The van der Waals surface area contributed by atoms with E-state index < -0.39 is 0 Å². The molecular formula is C22H25N3O3S. The number of nitrogens with one attached hydrogen (secondary N) is 1. The van der Waals surface area contributed by atoms with Crippen LogP contribution >= 0.6 is 11.3 Å². The highest BCUT2D eigenvalue weighted by molar-refractivity contribution is 7.17. The number of hydrogen-bond acceptors (Lipinski definition) is 6. The summed E-state index contributed by atoms with van der Waals surface area (Å²) in [6.07, 6.45) is 5.25. The summed E-state index contributed by atoms with van der Waals surface area (Å²) in [6, 6.07) is 18.0. The fraction of sp³-hybridized carbons (Fsp3) is 0.318. The molecule has 7 heteroatoms. The minimum Gasteiger partial charge on any atom is -0.494 e. The van der Waals surface area contributed by atoms with Gasteiger partial charge in [0.1, 0.15) is 15.8 Å². The molecule has 0 fully saturated rings. The lowest BCUT2D eigenvalue weighted by atomic mass is 10.1. The van der Waals surface area contributed by atoms with Gasteiger partial charge in [0.25, 0.3) is 0 Å². The van der Waals surface area contributed by atoms with E-state index in [0.29, 0.717) is 13.0 Å². The van der Waals surface area contributed by atoms with Crippen LogP contribution in [0, 0.1) is 0 Å². The van der Waals surface area contributed by atoms with Gasteiger partial charge in [0.05, 0.1) is 6.61 Å². The normalized spacial score (nSPS) is 10.7. The van der Waals surface area contributed by atoms with Crippen LogP contribution in [0.3, 0.4) is 0 Å². The second-order valence-corrected chi connectivity index (χ2v) is 7.68. The number of nitrogens with zero attached hydrogens (tertiary/aromatic N) is 2. The van der Waals surface area contributed by atoms with Crippen molar-refractivity contribution in [1.29, 1.82) is 0 Å². The summed E-state index contributed by atoms with van der Waals surface area (Å²) in [5, 5.41) is 18.8. The van der Waals surface area contributed by atoms with Crippen molar-refractivity contribution in [2.45, 2.75) is 38.5 Å². The quantitative estimate of drug-likeness (QED) is 0.261. The van der Waals surface area contributed by atoms with Crippen molar-refractivity contribution in [3.8, 4) is 26.9 Å². The molecule has 3 aromatic rings. The molecular weight excluding hydrogens is 386 g/mol. The van der Waals surface area contributed by atoms with Gasteiger partial charge in [-0.05, 0) is 37.1 Å². The van der Waals surface area contributed by atoms with Gasteiger partial charge in [-0.1, -0.05) is 60.9 Å². The zero-order chi connectivity index (χ0) is 20.3. The fourth-order valence-corrected chi connectivity index (χ4v) is 3.75. The number of aromatic nitrogens is 2. The predicted octanol–water partition coefficient (Wildman–Crippen LogP) is 5.10. The Kier molecular flexibility index (Phi) is 8.15. The first kappa shape index (κ1) is 21.0. The molecule has 0 bridgehead atoms. The fourth-order valence-electron chi connectivity index (χ4n) is 2.89. The first-order chi connectivity index (χ1) is 14.3. The molecule has 0 aliphatic carbocycles. The number of ether oxygens (including phenoxy) is 1. The predicted molar refractivity (Wildman–Crippen MR) is 114 cm³/mol. The lowest BCUT2D eigenvalue weighted by Gasteiger charge is -2.06. The first-order valence-corrected chi connectivity index (χ1v) is 10.6. The van der Waals surface area contributed by atoms with Crippen molar-refractivity contribution in [3.05, 3.63) is 54.6 Å².